The molecule has 0 aliphatic heterocycles. The van der Waals surface area contributed by atoms with Crippen molar-refractivity contribution in [1.82, 2.24) is 14.9 Å². The van der Waals surface area contributed by atoms with Gasteiger partial charge in [0.15, 0.2) is 11.6 Å². The molecule has 0 atom stereocenters. The maximum atomic E-state index is 14.2. The van der Waals surface area contributed by atoms with Crippen molar-refractivity contribution in [3.05, 3.63) is 117 Å². The van der Waals surface area contributed by atoms with Crippen molar-refractivity contribution in [2.75, 3.05) is 0 Å². The molecular weight excluding hydrogens is 415 g/mol. The maximum absolute atomic E-state index is 14.2. The molecule has 4 rings (SSSR count). The molecule has 4 aromatic rings. The first-order valence-corrected chi connectivity index (χ1v) is 9.82. The summed E-state index contributed by atoms with van der Waals surface area (Å²) in [6, 6.07) is 22.7. The van der Waals surface area contributed by atoms with E-state index in [-0.39, 0.29) is 16.2 Å². The summed E-state index contributed by atoms with van der Waals surface area (Å²) >= 11 is 5.16. The SMILES string of the molecule is O=c1c(Cc2ccccc2)n[nH]c(=S)n1/N=C/c1ccc(F)c(Oc2ccccc2)c1. The van der Waals surface area contributed by atoms with E-state index >= 15 is 0 Å². The number of aromatic nitrogens is 3. The van der Waals surface area contributed by atoms with Crippen molar-refractivity contribution in [2.24, 2.45) is 5.10 Å². The van der Waals surface area contributed by atoms with Gasteiger partial charge in [0.25, 0.3) is 5.56 Å². The third-order valence-electron chi connectivity index (χ3n) is 4.38. The normalized spacial score (nSPS) is 11.0. The van der Waals surface area contributed by atoms with Crippen LogP contribution in [0.1, 0.15) is 16.8 Å². The molecule has 3 aromatic carbocycles. The summed E-state index contributed by atoms with van der Waals surface area (Å²) in [6.45, 7) is 0. The predicted octanol–water partition coefficient (Wildman–Crippen LogP) is 4.71. The Labute approximate surface area is 182 Å². The second kappa shape index (κ2) is 9.27. The Hall–Kier alpha value is -3.91. The van der Waals surface area contributed by atoms with Gasteiger partial charge in [-0.2, -0.15) is 14.9 Å². The third-order valence-corrected chi connectivity index (χ3v) is 4.65. The van der Waals surface area contributed by atoms with Crippen LogP contribution in [0.25, 0.3) is 0 Å². The van der Waals surface area contributed by atoms with E-state index < -0.39 is 11.4 Å². The summed E-state index contributed by atoms with van der Waals surface area (Å²) in [6.07, 6.45) is 1.75. The van der Waals surface area contributed by atoms with Gasteiger partial charge in [-0.1, -0.05) is 54.6 Å². The summed E-state index contributed by atoms with van der Waals surface area (Å²) in [4.78, 5) is 12.8. The van der Waals surface area contributed by atoms with Crippen LogP contribution in [-0.2, 0) is 6.42 Å². The minimum Gasteiger partial charge on any atom is -0.454 e. The largest absolute Gasteiger partial charge is 0.454 e. The topological polar surface area (TPSA) is 72.3 Å². The van der Waals surface area contributed by atoms with E-state index in [0.29, 0.717) is 17.7 Å². The molecule has 0 amide bonds. The zero-order valence-corrected chi connectivity index (χ0v) is 17.1. The van der Waals surface area contributed by atoms with Crippen molar-refractivity contribution in [1.29, 1.82) is 0 Å². The first-order chi connectivity index (χ1) is 15.1. The van der Waals surface area contributed by atoms with E-state index in [1.165, 1.54) is 24.4 Å². The number of benzene rings is 3. The van der Waals surface area contributed by atoms with E-state index in [4.69, 9.17) is 17.0 Å². The van der Waals surface area contributed by atoms with Crippen molar-refractivity contribution < 1.29 is 9.13 Å². The molecule has 1 N–H and O–H groups in total. The van der Waals surface area contributed by atoms with Crippen LogP contribution in [-0.4, -0.2) is 21.1 Å². The van der Waals surface area contributed by atoms with Gasteiger partial charge in [-0.05, 0) is 47.6 Å². The van der Waals surface area contributed by atoms with Crippen LogP contribution >= 0.6 is 12.2 Å². The molecule has 154 valence electrons. The Bertz CT molecular complexity index is 1340. The molecule has 8 heteroatoms. The highest BCUT2D eigenvalue weighted by Crippen LogP contribution is 2.24. The fourth-order valence-corrected chi connectivity index (χ4v) is 3.03. The summed E-state index contributed by atoms with van der Waals surface area (Å²) in [5.41, 5.74) is 1.33. The summed E-state index contributed by atoms with van der Waals surface area (Å²) in [5, 5.41) is 10.9. The highest BCUT2D eigenvalue weighted by Gasteiger charge is 2.09. The number of nitrogens with zero attached hydrogens (tertiary/aromatic N) is 3. The van der Waals surface area contributed by atoms with Gasteiger partial charge in [0.2, 0.25) is 4.77 Å². The van der Waals surface area contributed by atoms with E-state index in [2.05, 4.69) is 15.3 Å². The zero-order chi connectivity index (χ0) is 21.6. The number of H-pyrrole nitrogens is 1. The Morgan fingerprint density at radius 2 is 1.77 bits per heavy atom. The number of para-hydroxylation sites is 1. The van der Waals surface area contributed by atoms with Crippen molar-refractivity contribution in [3.8, 4) is 11.5 Å². The summed E-state index contributed by atoms with van der Waals surface area (Å²) in [7, 11) is 0. The Balaban J connectivity index is 1.61. The molecule has 0 saturated carbocycles. The molecule has 0 unspecified atom stereocenters. The zero-order valence-electron chi connectivity index (χ0n) is 16.2. The van der Waals surface area contributed by atoms with Crippen LogP contribution in [0, 0.1) is 10.6 Å². The number of nitrogens with one attached hydrogen (secondary N) is 1. The fourth-order valence-electron chi connectivity index (χ4n) is 2.85. The molecule has 0 spiro atoms. The minimum atomic E-state index is -0.510. The molecule has 6 nitrogen and oxygen atoms in total. The van der Waals surface area contributed by atoms with Crippen molar-refractivity contribution in [3.63, 3.8) is 0 Å². The Kier molecular flexibility index (Phi) is 6.09. The molecule has 0 saturated heterocycles. The number of ether oxygens (including phenoxy) is 1. The second-order valence-corrected chi connectivity index (χ2v) is 6.99. The molecule has 0 radical (unpaired) electrons. The Morgan fingerprint density at radius 3 is 2.52 bits per heavy atom. The molecular formula is C23H17FN4O2S. The lowest BCUT2D eigenvalue weighted by Gasteiger charge is -2.07. The average molecular weight is 432 g/mol. The molecule has 1 heterocycles. The number of hydrogen-bond acceptors (Lipinski definition) is 5. The van der Waals surface area contributed by atoms with Crippen LogP contribution in [0.15, 0.2) is 88.8 Å². The van der Waals surface area contributed by atoms with Crippen LogP contribution in [0.2, 0.25) is 0 Å². The fraction of sp³-hybridized carbons (Fsp3) is 0.0435. The number of aromatic amines is 1. The lowest BCUT2D eigenvalue weighted by Crippen LogP contribution is -2.25. The smallest absolute Gasteiger partial charge is 0.297 e. The number of hydrogen-bond donors (Lipinski definition) is 1. The van der Waals surface area contributed by atoms with Gasteiger partial charge in [0.1, 0.15) is 11.4 Å². The lowest BCUT2D eigenvalue weighted by molar-refractivity contribution is 0.442. The van der Waals surface area contributed by atoms with Crippen molar-refractivity contribution >= 4 is 18.4 Å². The highest BCUT2D eigenvalue weighted by atomic mass is 32.1. The van der Waals surface area contributed by atoms with Gasteiger partial charge < -0.3 is 4.74 Å². The van der Waals surface area contributed by atoms with Gasteiger partial charge in [0, 0.05) is 6.42 Å². The van der Waals surface area contributed by atoms with Gasteiger partial charge in [-0.25, -0.2) is 4.39 Å². The van der Waals surface area contributed by atoms with E-state index in [1.54, 1.807) is 24.3 Å². The summed E-state index contributed by atoms with van der Waals surface area (Å²) in [5.74, 6) is 0.0468. The second-order valence-electron chi connectivity index (χ2n) is 6.60. The number of rotatable bonds is 6. The monoisotopic (exact) mass is 432 g/mol. The molecule has 0 aliphatic carbocycles. The van der Waals surface area contributed by atoms with E-state index in [9.17, 15) is 9.18 Å². The van der Waals surface area contributed by atoms with Gasteiger partial charge in [-0.3, -0.25) is 9.89 Å². The standard InChI is InChI=1S/C23H17FN4O2S/c24-19-12-11-17(14-21(19)30-18-9-5-2-6-10-18)15-25-28-22(29)20(26-27-23(28)31)13-16-7-3-1-4-8-16/h1-12,14-15H,13H2,(H,27,31)/b25-15+. The quantitative estimate of drug-likeness (QED) is 0.354. The molecule has 0 aliphatic rings. The van der Waals surface area contributed by atoms with Gasteiger partial charge >= 0.3 is 0 Å². The van der Waals surface area contributed by atoms with E-state index in [0.717, 1.165) is 10.2 Å². The van der Waals surface area contributed by atoms with Gasteiger partial charge in [-0.15, -0.1) is 0 Å². The predicted molar refractivity (Wildman–Crippen MR) is 119 cm³/mol. The van der Waals surface area contributed by atoms with Crippen LogP contribution in [0.3, 0.4) is 0 Å². The first kappa shape index (κ1) is 20.4. The van der Waals surface area contributed by atoms with E-state index in [1.807, 2.05) is 36.4 Å². The minimum absolute atomic E-state index is 0.0483. The van der Waals surface area contributed by atoms with Gasteiger partial charge in [0.05, 0.1) is 6.21 Å². The molecule has 0 fully saturated rings. The van der Waals surface area contributed by atoms with Crippen LogP contribution < -0.4 is 10.3 Å². The van der Waals surface area contributed by atoms with Crippen LogP contribution in [0.4, 0.5) is 4.39 Å². The maximum Gasteiger partial charge on any atom is 0.297 e. The average Bonchev–Trinajstić information content (AvgIpc) is 2.79. The lowest BCUT2D eigenvalue weighted by atomic mass is 10.1. The molecule has 1 aromatic heterocycles. The third kappa shape index (κ3) is 4.99. The van der Waals surface area contributed by atoms with Crippen LogP contribution in [0.5, 0.6) is 11.5 Å². The Morgan fingerprint density at radius 1 is 1.06 bits per heavy atom. The summed E-state index contributed by atoms with van der Waals surface area (Å²) < 4.78 is 20.9. The van der Waals surface area contributed by atoms with Crippen molar-refractivity contribution in [2.45, 2.75) is 6.42 Å². The number of halogens is 1. The molecule has 0 bridgehead atoms. The highest BCUT2D eigenvalue weighted by molar-refractivity contribution is 7.71. The molecule has 31 heavy (non-hydrogen) atoms. The first-order valence-electron chi connectivity index (χ1n) is 9.41.